The second kappa shape index (κ2) is 8.70. The van der Waals surface area contributed by atoms with Gasteiger partial charge in [-0.1, -0.05) is 11.6 Å². The molecule has 6 heteroatoms. The van der Waals surface area contributed by atoms with E-state index in [-0.39, 0.29) is 18.1 Å². The van der Waals surface area contributed by atoms with Gasteiger partial charge in [0.05, 0.1) is 12.2 Å². The molecule has 134 valence electrons. The number of amides is 1. The Hall–Kier alpha value is -1.30. The molecule has 2 rings (SSSR count). The Morgan fingerprint density at radius 3 is 2.71 bits per heavy atom. The fraction of sp³-hybridized carbons (Fsp3) is 0.611. The van der Waals surface area contributed by atoms with Crippen LogP contribution in [0.1, 0.15) is 26.3 Å². The summed E-state index contributed by atoms with van der Waals surface area (Å²) in [6.07, 6.45) is -0.0772. The largest absolute Gasteiger partial charge is 0.481 e. The zero-order valence-corrected chi connectivity index (χ0v) is 15.6. The molecule has 1 saturated heterocycles. The first kappa shape index (κ1) is 19.0. The summed E-state index contributed by atoms with van der Waals surface area (Å²) >= 11 is 5.93. The van der Waals surface area contributed by atoms with Crippen molar-refractivity contribution < 1.29 is 14.3 Å². The zero-order valence-electron chi connectivity index (χ0n) is 14.8. The minimum absolute atomic E-state index is 0.112. The molecule has 0 saturated carbocycles. The summed E-state index contributed by atoms with van der Waals surface area (Å²) in [6, 6.07) is 5.37. The summed E-state index contributed by atoms with van der Waals surface area (Å²) in [4.78, 5) is 14.5. The number of nitrogens with zero attached hydrogens (tertiary/aromatic N) is 1. The highest BCUT2D eigenvalue weighted by Gasteiger charge is 2.22. The quantitative estimate of drug-likeness (QED) is 0.853. The summed E-state index contributed by atoms with van der Waals surface area (Å²) in [7, 11) is 0. The van der Waals surface area contributed by atoms with E-state index in [1.807, 2.05) is 13.0 Å². The molecule has 1 aliphatic rings. The van der Waals surface area contributed by atoms with Gasteiger partial charge in [-0.25, -0.2) is 0 Å². The van der Waals surface area contributed by atoms with Gasteiger partial charge < -0.3 is 14.8 Å². The summed E-state index contributed by atoms with van der Waals surface area (Å²) in [5.41, 5.74) is 0.915. The predicted molar refractivity (Wildman–Crippen MR) is 95.7 cm³/mol. The standard InChI is InChI=1S/C18H27ClN2O3/c1-12-9-16(19)5-6-17(12)24-15(4)18(22)20-7-8-21-10-13(2)23-14(3)11-21/h5-6,9,13-15H,7-8,10-11H2,1-4H3,(H,20,22). The smallest absolute Gasteiger partial charge is 0.260 e. The van der Waals surface area contributed by atoms with Crippen LogP contribution in [-0.4, -0.2) is 55.3 Å². The van der Waals surface area contributed by atoms with E-state index >= 15 is 0 Å². The first-order chi connectivity index (χ1) is 11.3. The number of halogens is 1. The average Bonchev–Trinajstić information content (AvgIpc) is 2.49. The molecule has 24 heavy (non-hydrogen) atoms. The molecule has 1 amide bonds. The van der Waals surface area contributed by atoms with E-state index < -0.39 is 6.10 Å². The first-order valence-corrected chi connectivity index (χ1v) is 8.81. The fourth-order valence-corrected chi connectivity index (χ4v) is 3.16. The summed E-state index contributed by atoms with van der Waals surface area (Å²) < 4.78 is 11.4. The maximum absolute atomic E-state index is 12.2. The number of benzene rings is 1. The predicted octanol–water partition coefficient (Wildman–Crippen LogP) is 2.64. The van der Waals surface area contributed by atoms with Crippen LogP contribution >= 0.6 is 11.6 Å². The van der Waals surface area contributed by atoms with E-state index in [9.17, 15) is 4.79 Å². The van der Waals surface area contributed by atoms with Crippen molar-refractivity contribution in [2.75, 3.05) is 26.2 Å². The number of aryl methyl sites for hydroxylation is 1. The van der Waals surface area contributed by atoms with Crippen LogP contribution in [0.5, 0.6) is 5.75 Å². The van der Waals surface area contributed by atoms with Crippen LogP contribution in [0.2, 0.25) is 5.02 Å². The highest BCUT2D eigenvalue weighted by molar-refractivity contribution is 6.30. The minimum Gasteiger partial charge on any atom is -0.481 e. The van der Waals surface area contributed by atoms with Gasteiger partial charge in [0.1, 0.15) is 5.75 Å². The van der Waals surface area contributed by atoms with Crippen LogP contribution in [0.3, 0.4) is 0 Å². The van der Waals surface area contributed by atoms with Crippen molar-refractivity contribution >= 4 is 17.5 Å². The van der Waals surface area contributed by atoms with Crippen LogP contribution in [-0.2, 0) is 9.53 Å². The van der Waals surface area contributed by atoms with Crippen LogP contribution in [0.25, 0.3) is 0 Å². The molecule has 1 heterocycles. The third-order valence-electron chi connectivity index (χ3n) is 4.03. The Bertz CT molecular complexity index is 557. The van der Waals surface area contributed by atoms with Crippen LogP contribution in [0, 0.1) is 6.92 Å². The molecule has 0 spiro atoms. The van der Waals surface area contributed by atoms with Crippen molar-refractivity contribution in [3.05, 3.63) is 28.8 Å². The Balaban J connectivity index is 1.75. The number of nitrogens with one attached hydrogen (secondary N) is 1. The molecule has 1 fully saturated rings. The molecule has 1 aliphatic heterocycles. The van der Waals surface area contributed by atoms with Crippen molar-refractivity contribution in [3.63, 3.8) is 0 Å². The van der Waals surface area contributed by atoms with Crippen molar-refractivity contribution in [2.24, 2.45) is 0 Å². The minimum atomic E-state index is -0.549. The lowest BCUT2D eigenvalue weighted by atomic mass is 10.2. The number of rotatable bonds is 6. The average molecular weight is 355 g/mol. The highest BCUT2D eigenvalue weighted by atomic mass is 35.5. The Morgan fingerprint density at radius 1 is 1.42 bits per heavy atom. The van der Waals surface area contributed by atoms with Gasteiger partial charge in [-0.15, -0.1) is 0 Å². The Morgan fingerprint density at radius 2 is 2.08 bits per heavy atom. The number of hydrogen-bond donors (Lipinski definition) is 1. The molecular formula is C18H27ClN2O3. The van der Waals surface area contributed by atoms with E-state index in [1.54, 1.807) is 19.1 Å². The molecule has 0 radical (unpaired) electrons. The van der Waals surface area contributed by atoms with Gasteiger partial charge >= 0.3 is 0 Å². The second-order valence-electron chi connectivity index (χ2n) is 6.48. The molecule has 1 aromatic carbocycles. The van der Waals surface area contributed by atoms with Gasteiger partial charge in [-0.3, -0.25) is 9.69 Å². The molecular weight excluding hydrogens is 328 g/mol. The second-order valence-corrected chi connectivity index (χ2v) is 6.91. The van der Waals surface area contributed by atoms with Crippen LogP contribution in [0.15, 0.2) is 18.2 Å². The molecule has 0 aliphatic carbocycles. The number of ether oxygens (including phenoxy) is 2. The van der Waals surface area contributed by atoms with Gasteiger partial charge in [-0.2, -0.15) is 0 Å². The van der Waals surface area contributed by atoms with Crippen molar-refractivity contribution in [3.8, 4) is 5.75 Å². The van der Waals surface area contributed by atoms with E-state index in [0.29, 0.717) is 17.3 Å². The molecule has 1 N–H and O–H groups in total. The van der Waals surface area contributed by atoms with Gasteiger partial charge in [0.15, 0.2) is 6.10 Å². The van der Waals surface area contributed by atoms with Gasteiger partial charge in [-0.05, 0) is 51.5 Å². The maximum Gasteiger partial charge on any atom is 0.260 e. The number of morpholine rings is 1. The summed E-state index contributed by atoms with van der Waals surface area (Å²) in [5, 5.41) is 3.60. The molecule has 0 aromatic heterocycles. The maximum atomic E-state index is 12.2. The molecule has 5 nitrogen and oxygen atoms in total. The molecule has 0 bridgehead atoms. The highest BCUT2D eigenvalue weighted by Crippen LogP contribution is 2.22. The molecule has 1 aromatic rings. The third kappa shape index (κ3) is 5.65. The number of carbonyl (C=O) groups excluding carboxylic acids is 1. The van der Waals surface area contributed by atoms with Crippen LogP contribution < -0.4 is 10.1 Å². The van der Waals surface area contributed by atoms with Gasteiger partial charge in [0.25, 0.3) is 5.91 Å². The van der Waals surface area contributed by atoms with E-state index in [0.717, 1.165) is 25.2 Å². The first-order valence-electron chi connectivity index (χ1n) is 8.43. The summed E-state index contributed by atoms with van der Waals surface area (Å²) in [5.74, 6) is 0.566. The summed E-state index contributed by atoms with van der Waals surface area (Å²) in [6.45, 7) is 11.0. The fourth-order valence-electron chi connectivity index (χ4n) is 2.94. The lowest BCUT2D eigenvalue weighted by molar-refractivity contribution is -0.127. The van der Waals surface area contributed by atoms with Crippen molar-refractivity contribution in [2.45, 2.75) is 46.0 Å². The third-order valence-corrected chi connectivity index (χ3v) is 4.27. The van der Waals surface area contributed by atoms with E-state index in [1.165, 1.54) is 0 Å². The SMILES string of the molecule is Cc1cc(Cl)ccc1OC(C)C(=O)NCCN1CC(C)OC(C)C1. The topological polar surface area (TPSA) is 50.8 Å². The zero-order chi connectivity index (χ0) is 17.7. The monoisotopic (exact) mass is 354 g/mol. The van der Waals surface area contributed by atoms with E-state index in [2.05, 4.69) is 24.1 Å². The number of hydrogen-bond acceptors (Lipinski definition) is 4. The van der Waals surface area contributed by atoms with E-state index in [4.69, 9.17) is 21.1 Å². The normalized spacial score (nSPS) is 22.9. The van der Waals surface area contributed by atoms with Crippen LogP contribution in [0.4, 0.5) is 0 Å². The van der Waals surface area contributed by atoms with Gasteiger partial charge in [0.2, 0.25) is 0 Å². The lowest BCUT2D eigenvalue weighted by Crippen LogP contribution is -2.48. The number of carbonyl (C=O) groups is 1. The molecule has 3 unspecified atom stereocenters. The Labute approximate surface area is 149 Å². The lowest BCUT2D eigenvalue weighted by Gasteiger charge is -2.35. The molecule has 3 atom stereocenters. The van der Waals surface area contributed by atoms with Gasteiger partial charge in [0, 0.05) is 31.2 Å². The van der Waals surface area contributed by atoms with Crippen molar-refractivity contribution in [1.82, 2.24) is 10.2 Å². The van der Waals surface area contributed by atoms with Crippen molar-refractivity contribution in [1.29, 1.82) is 0 Å². The Kier molecular flexibility index (Phi) is 6.90.